The van der Waals surface area contributed by atoms with Crippen LogP contribution in [0.3, 0.4) is 0 Å². The molecule has 22 heavy (non-hydrogen) atoms. The number of nitrogens with one attached hydrogen (secondary N) is 1. The first-order valence-corrected chi connectivity index (χ1v) is 7.21. The second-order valence-corrected chi connectivity index (χ2v) is 6.02. The lowest BCUT2D eigenvalue weighted by molar-refractivity contribution is -0.190. The summed E-state index contributed by atoms with van der Waals surface area (Å²) in [5.41, 5.74) is -1.92. The van der Waals surface area contributed by atoms with E-state index in [9.17, 15) is 14.7 Å². The fraction of sp³-hybridized carbons (Fsp3) is 0.600. The van der Waals surface area contributed by atoms with Gasteiger partial charge >= 0.3 is 5.97 Å². The molecule has 0 aromatic carbocycles. The zero-order chi connectivity index (χ0) is 16.5. The highest BCUT2D eigenvalue weighted by atomic mass is 16.5. The minimum Gasteiger partial charge on any atom is -0.479 e. The van der Waals surface area contributed by atoms with Crippen molar-refractivity contribution in [1.82, 2.24) is 15.3 Å². The standard InChI is InChI=1S/C15H21N3O4/c1-5-22-11-8-15(13(20)21,14(11,3)4)18-12(19)10-6-7-16-9(2)17-10/h6-7,11H,5,8H2,1-4H3,(H,18,19)(H,20,21). The number of nitrogens with zero attached hydrogens (tertiary/aromatic N) is 2. The molecule has 1 aromatic rings. The minimum absolute atomic E-state index is 0.156. The van der Waals surface area contributed by atoms with Crippen LogP contribution in [-0.4, -0.2) is 45.2 Å². The van der Waals surface area contributed by atoms with Gasteiger partial charge < -0.3 is 15.2 Å². The fourth-order valence-electron chi connectivity index (χ4n) is 2.88. The average Bonchev–Trinajstić information content (AvgIpc) is 2.45. The number of aryl methyl sites for hydroxylation is 1. The Morgan fingerprint density at radius 1 is 1.50 bits per heavy atom. The van der Waals surface area contributed by atoms with Crippen molar-refractivity contribution in [3.8, 4) is 0 Å². The van der Waals surface area contributed by atoms with Crippen LogP contribution in [0.1, 0.15) is 43.5 Å². The van der Waals surface area contributed by atoms with Crippen LogP contribution >= 0.6 is 0 Å². The van der Waals surface area contributed by atoms with Crippen LogP contribution in [0.2, 0.25) is 0 Å². The van der Waals surface area contributed by atoms with Gasteiger partial charge in [0.25, 0.3) is 5.91 Å². The predicted molar refractivity (Wildman–Crippen MR) is 78.4 cm³/mol. The number of carbonyl (C=O) groups excluding carboxylic acids is 1. The summed E-state index contributed by atoms with van der Waals surface area (Å²) < 4.78 is 5.56. The molecule has 1 aromatic heterocycles. The van der Waals surface area contributed by atoms with Gasteiger partial charge in [-0.3, -0.25) is 4.79 Å². The predicted octanol–water partition coefficient (Wildman–Crippen LogP) is 1.17. The summed E-state index contributed by atoms with van der Waals surface area (Å²) in [4.78, 5) is 32.1. The smallest absolute Gasteiger partial charge is 0.330 e. The number of amides is 1. The number of carboxylic acid groups (broad SMARTS) is 1. The maximum absolute atomic E-state index is 12.4. The van der Waals surface area contributed by atoms with Gasteiger partial charge in [0, 0.05) is 24.6 Å². The third-order valence-electron chi connectivity index (χ3n) is 4.47. The summed E-state index contributed by atoms with van der Waals surface area (Å²) in [6, 6.07) is 1.46. The third-order valence-corrected chi connectivity index (χ3v) is 4.47. The molecular formula is C15H21N3O4. The number of hydrogen-bond donors (Lipinski definition) is 2. The van der Waals surface area contributed by atoms with Gasteiger partial charge in [-0.25, -0.2) is 14.8 Å². The number of aliphatic carboxylic acids is 1. The molecule has 2 rings (SSSR count). The third kappa shape index (κ3) is 2.45. The van der Waals surface area contributed by atoms with E-state index in [2.05, 4.69) is 15.3 Å². The lowest BCUT2D eigenvalue weighted by atomic mass is 9.54. The van der Waals surface area contributed by atoms with Crippen LogP contribution in [0.15, 0.2) is 12.3 Å². The van der Waals surface area contributed by atoms with Gasteiger partial charge in [-0.1, -0.05) is 13.8 Å². The first-order valence-electron chi connectivity index (χ1n) is 7.21. The Bertz CT molecular complexity index is 602. The molecule has 7 nitrogen and oxygen atoms in total. The number of hydrogen-bond acceptors (Lipinski definition) is 5. The van der Waals surface area contributed by atoms with Crippen molar-refractivity contribution in [1.29, 1.82) is 0 Å². The number of rotatable bonds is 5. The van der Waals surface area contributed by atoms with Crippen LogP contribution in [-0.2, 0) is 9.53 Å². The molecule has 1 fully saturated rings. The number of ether oxygens (including phenoxy) is 1. The molecule has 7 heteroatoms. The highest BCUT2D eigenvalue weighted by molar-refractivity contribution is 5.97. The van der Waals surface area contributed by atoms with E-state index in [4.69, 9.17) is 4.74 Å². The molecule has 1 aliphatic carbocycles. The molecular weight excluding hydrogens is 286 g/mol. The minimum atomic E-state index is -1.36. The fourth-order valence-corrected chi connectivity index (χ4v) is 2.88. The van der Waals surface area contributed by atoms with E-state index in [-0.39, 0.29) is 18.2 Å². The molecule has 1 heterocycles. The SMILES string of the molecule is CCOC1CC(NC(=O)c2ccnc(C)n2)(C(=O)O)C1(C)C. The lowest BCUT2D eigenvalue weighted by Gasteiger charge is -2.58. The van der Waals surface area contributed by atoms with Crippen molar-refractivity contribution >= 4 is 11.9 Å². The van der Waals surface area contributed by atoms with Crippen LogP contribution in [0, 0.1) is 12.3 Å². The Morgan fingerprint density at radius 3 is 2.68 bits per heavy atom. The van der Waals surface area contributed by atoms with Gasteiger partial charge in [0.2, 0.25) is 0 Å². The zero-order valence-corrected chi connectivity index (χ0v) is 13.2. The molecule has 2 unspecified atom stereocenters. The van der Waals surface area contributed by atoms with E-state index in [1.54, 1.807) is 20.8 Å². The van der Waals surface area contributed by atoms with Gasteiger partial charge in [0.1, 0.15) is 17.1 Å². The Kier molecular flexibility index (Phi) is 4.19. The number of carboxylic acids is 1. The lowest BCUT2D eigenvalue weighted by Crippen LogP contribution is -2.76. The Hall–Kier alpha value is -2.02. The second-order valence-electron chi connectivity index (χ2n) is 6.02. The van der Waals surface area contributed by atoms with Gasteiger partial charge in [-0.15, -0.1) is 0 Å². The van der Waals surface area contributed by atoms with Crippen molar-refractivity contribution in [2.24, 2.45) is 5.41 Å². The van der Waals surface area contributed by atoms with E-state index in [0.717, 1.165) is 0 Å². The molecule has 1 saturated carbocycles. The zero-order valence-electron chi connectivity index (χ0n) is 13.2. The molecule has 0 aliphatic heterocycles. The van der Waals surface area contributed by atoms with E-state index in [1.807, 2.05) is 6.92 Å². The van der Waals surface area contributed by atoms with E-state index < -0.39 is 22.8 Å². The summed E-state index contributed by atoms with van der Waals surface area (Å²) in [5.74, 6) is -1.12. The summed E-state index contributed by atoms with van der Waals surface area (Å²) in [5, 5.41) is 12.3. The highest BCUT2D eigenvalue weighted by Gasteiger charge is 2.66. The van der Waals surface area contributed by atoms with E-state index in [1.165, 1.54) is 12.3 Å². The molecule has 2 N–H and O–H groups in total. The van der Waals surface area contributed by atoms with Crippen LogP contribution in [0.4, 0.5) is 0 Å². The molecule has 120 valence electrons. The Morgan fingerprint density at radius 2 is 2.18 bits per heavy atom. The van der Waals surface area contributed by atoms with Crippen molar-refractivity contribution in [3.05, 3.63) is 23.8 Å². The van der Waals surface area contributed by atoms with E-state index >= 15 is 0 Å². The molecule has 1 amide bonds. The molecule has 2 atom stereocenters. The van der Waals surface area contributed by atoms with Crippen molar-refractivity contribution in [2.75, 3.05) is 6.61 Å². The molecule has 0 spiro atoms. The van der Waals surface area contributed by atoms with Crippen LogP contribution in [0.25, 0.3) is 0 Å². The monoisotopic (exact) mass is 307 g/mol. The average molecular weight is 307 g/mol. The van der Waals surface area contributed by atoms with Crippen molar-refractivity contribution in [3.63, 3.8) is 0 Å². The molecule has 0 bridgehead atoms. The largest absolute Gasteiger partial charge is 0.479 e. The number of carbonyl (C=O) groups is 2. The maximum atomic E-state index is 12.4. The highest BCUT2D eigenvalue weighted by Crippen LogP contribution is 2.51. The summed E-state index contributed by atoms with van der Waals surface area (Å²) in [7, 11) is 0. The van der Waals surface area contributed by atoms with E-state index in [0.29, 0.717) is 12.4 Å². The quantitative estimate of drug-likeness (QED) is 0.847. The Balaban J connectivity index is 2.24. The van der Waals surface area contributed by atoms with Gasteiger partial charge in [-0.05, 0) is 19.9 Å². The van der Waals surface area contributed by atoms with Crippen molar-refractivity contribution < 1.29 is 19.4 Å². The van der Waals surface area contributed by atoms with Crippen LogP contribution in [0.5, 0.6) is 0 Å². The van der Waals surface area contributed by atoms with Crippen molar-refractivity contribution in [2.45, 2.75) is 45.8 Å². The molecule has 0 radical (unpaired) electrons. The summed E-state index contributed by atoms with van der Waals surface area (Å²) in [6.45, 7) is 7.61. The molecule has 0 saturated heterocycles. The molecule has 1 aliphatic rings. The summed E-state index contributed by atoms with van der Waals surface area (Å²) >= 11 is 0. The van der Waals surface area contributed by atoms with Gasteiger partial charge in [0.15, 0.2) is 0 Å². The normalized spacial score (nSPS) is 26.1. The first kappa shape index (κ1) is 16.4. The first-order chi connectivity index (χ1) is 10.2. The van der Waals surface area contributed by atoms with Gasteiger partial charge in [-0.2, -0.15) is 0 Å². The number of aromatic nitrogens is 2. The maximum Gasteiger partial charge on any atom is 0.330 e. The van der Waals surface area contributed by atoms with Gasteiger partial charge in [0.05, 0.1) is 6.10 Å². The second kappa shape index (κ2) is 5.64. The topological polar surface area (TPSA) is 101 Å². The van der Waals surface area contributed by atoms with Crippen LogP contribution < -0.4 is 5.32 Å². The summed E-state index contributed by atoms with van der Waals surface area (Å²) in [6.07, 6.45) is 1.50. The Labute approximate surface area is 129 Å².